The number of hydrogen-bond acceptors (Lipinski definition) is 3. The minimum absolute atomic E-state index is 0. The smallest absolute Gasteiger partial charge is 0.191 e. The van der Waals surface area contributed by atoms with Crippen LogP contribution in [0.25, 0.3) is 0 Å². The van der Waals surface area contributed by atoms with Gasteiger partial charge in [-0.15, -0.1) is 24.0 Å². The minimum Gasteiger partial charge on any atom is -0.378 e. The third-order valence-corrected chi connectivity index (χ3v) is 2.95. The maximum atomic E-state index is 5.90. The number of halogens is 2. The van der Waals surface area contributed by atoms with Gasteiger partial charge in [0.2, 0.25) is 0 Å². The summed E-state index contributed by atoms with van der Waals surface area (Å²) in [6.45, 7) is 4.46. The van der Waals surface area contributed by atoms with Crippen molar-refractivity contribution in [1.82, 2.24) is 14.7 Å². The lowest BCUT2D eigenvalue weighted by atomic mass is 10.4. The molecule has 1 aromatic heterocycles. The molecule has 1 aliphatic rings. The maximum Gasteiger partial charge on any atom is 0.191 e. The molecule has 0 unspecified atom stereocenters. The van der Waals surface area contributed by atoms with E-state index in [2.05, 4.69) is 26.0 Å². The molecule has 0 saturated carbocycles. The zero-order chi connectivity index (χ0) is 12.1. The molecular formula is C10H17BrIN5O. The third kappa shape index (κ3) is 4.73. The fourth-order valence-corrected chi connectivity index (χ4v) is 1.95. The van der Waals surface area contributed by atoms with Crippen LogP contribution in [0.1, 0.15) is 0 Å². The molecule has 1 saturated heterocycles. The Labute approximate surface area is 132 Å². The first kappa shape index (κ1) is 15.7. The number of nitrogens with two attached hydrogens (primary N) is 1. The fourth-order valence-electron chi connectivity index (χ4n) is 1.62. The Morgan fingerprint density at radius 3 is 2.83 bits per heavy atom. The lowest BCUT2D eigenvalue weighted by Gasteiger charge is -2.27. The predicted octanol–water partition coefficient (Wildman–Crippen LogP) is 0.911. The number of hydrogen-bond donors (Lipinski definition) is 1. The van der Waals surface area contributed by atoms with Gasteiger partial charge in [0.05, 0.1) is 37.0 Å². The van der Waals surface area contributed by atoms with E-state index in [-0.39, 0.29) is 24.0 Å². The summed E-state index contributed by atoms with van der Waals surface area (Å²) >= 11 is 3.35. The standard InChI is InChI=1S/C10H16BrN5O.HI/c11-9-7-14-16(8-9)2-1-13-10(12)15-3-5-17-6-4-15;/h7-8H,1-6H2,(H2,12,13);1H. The summed E-state index contributed by atoms with van der Waals surface area (Å²) in [7, 11) is 0. The summed E-state index contributed by atoms with van der Waals surface area (Å²) in [5, 5.41) is 4.15. The molecule has 0 bridgehead atoms. The maximum absolute atomic E-state index is 5.90. The van der Waals surface area contributed by atoms with Gasteiger partial charge in [0.1, 0.15) is 0 Å². The normalized spacial score (nSPS) is 16.5. The largest absolute Gasteiger partial charge is 0.378 e. The van der Waals surface area contributed by atoms with Crippen LogP contribution in [0.4, 0.5) is 0 Å². The predicted molar refractivity (Wildman–Crippen MR) is 84.2 cm³/mol. The van der Waals surface area contributed by atoms with Crippen LogP contribution in [-0.4, -0.2) is 53.5 Å². The van der Waals surface area contributed by atoms with Crippen LogP contribution in [0.5, 0.6) is 0 Å². The Morgan fingerprint density at radius 2 is 2.22 bits per heavy atom. The molecular weight excluding hydrogens is 413 g/mol. The van der Waals surface area contributed by atoms with Gasteiger partial charge in [-0.05, 0) is 15.9 Å². The Hall–Kier alpha value is -0.350. The summed E-state index contributed by atoms with van der Waals surface area (Å²) in [5.74, 6) is 0.597. The zero-order valence-electron chi connectivity index (χ0n) is 9.96. The Balaban J connectivity index is 0.00000162. The first-order valence-electron chi connectivity index (χ1n) is 5.56. The summed E-state index contributed by atoms with van der Waals surface area (Å²) in [4.78, 5) is 6.39. The molecule has 8 heteroatoms. The highest BCUT2D eigenvalue weighted by atomic mass is 127. The van der Waals surface area contributed by atoms with E-state index in [9.17, 15) is 0 Å². The van der Waals surface area contributed by atoms with E-state index in [4.69, 9.17) is 10.5 Å². The molecule has 6 nitrogen and oxygen atoms in total. The highest BCUT2D eigenvalue weighted by molar-refractivity contribution is 14.0. The van der Waals surface area contributed by atoms with Crippen molar-refractivity contribution in [2.24, 2.45) is 10.7 Å². The number of aliphatic imine (C=N–C) groups is 1. The van der Waals surface area contributed by atoms with E-state index in [1.807, 2.05) is 15.8 Å². The number of ether oxygens (including phenoxy) is 1. The number of morpholine rings is 1. The summed E-state index contributed by atoms with van der Waals surface area (Å²) in [6, 6.07) is 0. The van der Waals surface area contributed by atoms with Crippen LogP contribution in [0.2, 0.25) is 0 Å². The van der Waals surface area contributed by atoms with Crippen LogP contribution in [-0.2, 0) is 11.3 Å². The lowest BCUT2D eigenvalue weighted by Crippen LogP contribution is -2.44. The van der Waals surface area contributed by atoms with Crippen molar-refractivity contribution in [2.45, 2.75) is 6.54 Å². The van der Waals surface area contributed by atoms with Crippen molar-refractivity contribution in [3.05, 3.63) is 16.9 Å². The van der Waals surface area contributed by atoms with Crippen molar-refractivity contribution < 1.29 is 4.74 Å². The molecule has 0 aliphatic carbocycles. The molecule has 102 valence electrons. The molecule has 0 radical (unpaired) electrons. The van der Waals surface area contributed by atoms with Crippen molar-refractivity contribution in [2.75, 3.05) is 32.8 Å². The van der Waals surface area contributed by atoms with Crippen LogP contribution in [0.15, 0.2) is 21.9 Å². The van der Waals surface area contributed by atoms with E-state index in [0.717, 1.165) is 37.3 Å². The fraction of sp³-hybridized carbons (Fsp3) is 0.600. The number of guanidine groups is 1. The minimum atomic E-state index is 0. The van der Waals surface area contributed by atoms with Gasteiger partial charge in [-0.25, -0.2) is 0 Å². The van der Waals surface area contributed by atoms with Crippen LogP contribution in [0.3, 0.4) is 0 Å². The first-order chi connectivity index (χ1) is 8.25. The van der Waals surface area contributed by atoms with E-state index < -0.39 is 0 Å². The molecule has 0 aromatic carbocycles. The second kappa shape index (κ2) is 7.95. The molecule has 2 rings (SSSR count). The molecule has 1 aromatic rings. The number of rotatable bonds is 3. The third-order valence-electron chi connectivity index (χ3n) is 2.54. The van der Waals surface area contributed by atoms with Gasteiger partial charge in [0.25, 0.3) is 0 Å². The molecule has 18 heavy (non-hydrogen) atoms. The van der Waals surface area contributed by atoms with Crippen LogP contribution >= 0.6 is 39.9 Å². The molecule has 1 aliphatic heterocycles. The van der Waals surface area contributed by atoms with Crippen LogP contribution < -0.4 is 5.73 Å². The highest BCUT2D eigenvalue weighted by Crippen LogP contribution is 2.05. The zero-order valence-corrected chi connectivity index (χ0v) is 13.9. The van der Waals surface area contributed by atoms with Crippen molar-refractivity contribution in [3.8, 4) is 0 Å². The van der Waals surface area contributed by atoms with Gasteiger partial charge in [-0.3, -0.25) is 9.67 Å². The van der Waals surface area contributed by atoms with E-state index >= 15 is 0 Å². The molecule has 2 N–H and O–H groups in total. The van der Waals surface area contributed by atoms with Gasteiger partial charge in [0.15, 0.2) is 5.96 Å². The van der Waals surface area contributed by atoms with Gasteiger partial charge in [-0.1, -0.05) is 0 Å². The quantitative estimate of drug-likeness (QED) is 0.440. The van der Waals surface area contributed by atoms with E-state index in [0.29, 0.717) is 12.5 Å². The average molecular weight is 430 g/mol. The van der Waals surface area contributed by atoms with Gasteiger partial charge in [0, 0.05) is 19.3 Å². The van der Waals surface area contributed by atoms with Crippen molar-refractivity contribution >= 4 is 45.9 Å². The molecule has 1 fully saturated rings. The number of nitrogens with zero attached hydrogens (tertiary/aromatic N) is 4. The van der Waals surface area contributed by atoms with Gasteiger partial charge >= 0.3 is 0 Å². The second-order valence-corrected chi connectivity index (χ2v) is 4.68. The van der Waals surface area contributed by atoms with E-state index in [1.165, 1.54) is 0 Å². The summed E-state index contributed by atoms with van der Waals surface area (Å²) in [5.41, 5.74) is 5.90. The second-order valence-electron chi connectivity index (χ2n) is 3.76. The molecule has 0 spiro atoms. The highest BCUT2D eigenvalue weighted by Gasteiger charge is 2.11. The van der Waals surface area contributed by atoms with E-state index in [1.54, 1.807) is 6.20 Å². The molecule has 0 atom stereocenters. The lowest BCUT2D eigenvalue weighted by molar-refractivity contribution is 0.0674. The Kier molecular flexibility index (Phi) is 6.94. The summed E-state index contributed by atoms with van der Waals surface area (Å²) < 4.78 is 8.06. The van der Waals surface area contributed by atoms with Crippen LogP contribution in [0, 0.1) is 0 Å². The number of aromatic nitrogens is 2. The topological polar surface area (TPSA) is 68.7 Å². The van der Waals surface area contributed by atoms with Gasteiger partial charge < -0.3 is 15.4 Å². The Morgan fingerprint density at radius 1 is 1.50 bits per heavy atom. The molecule has 0 amide bonds. The SMILES string of the molecule is I.NC(=NCCn1cc(Br)cn1)N1CCOCC1. The van der Waals surface area contributed by atoms with Crippen molar-refractivity contribution in [1.29, 1.82) is 0 Å². The van der Waals surface area contributed by atoms with Gasteiger partial charge in [-0.2, -0.15) is 5.10 Å². The monoisotopic (exact) mass is 429 g/mol. The average Bonchev–Trinajstić information content (AvgIpc) is 2.76. The molecule has 2 heterocycles. The summed E-state index contributed by atoms with van der Waals surface area (Å²) in [6.07, 6.45) is 3.68. The first-order valence-corrected chi connectivity index (χ1v) is 6.35. The Bertz CT molecular complexity index is 391. The van der Waals surface area contributed by atoms with Crippen molar-refractivity contribution in [3.63, 3.8) is 0 Å².